The molecule has 0 atom stereocenters. The minimum absolute atomic E-state index is 0.0395. The van der Waals surface area contributed by atoms with Crippen LogP contribution in [0.25, 0.3) is 0 Å². The van der Waals surface area contributed by atoms with E-state index in [9.17, 15) is 0 Å². The highest BCUT2D eigenvalue weighted by Crippen LogP contribution is 2.80. The molecule has 0 aromatic heterocycles. The maximum Gasteiger partial charge on any atom is 0.228 e. The molecule has 2 rings (SSSR count). The van der Waals surface area contributed by atoms with Crippen molar-refractivity contribution in [2.75, 3.05) is 0 Å². The van der Waals surface area contributed by atoms with Crippen LogP contribution in [0.5, 0.6) is 0 Å². The lowest BCUT2D eigenvalue weighted by atomic mass is 10.2. The second kappa shape index (κ2) is 6.98. The molecule has 0 N–H and O–H groups in total. The largest absolute Gasteiger partial charge is 0.228 e. The van der Waals surface area contributed by atoms with Crippen molar-refractivity contribution in [1.82, 2.24) is 0 Å². The normalized spacial score (nSPS) is 23.4. The van der Waals surface area contributed by atoms with Gasteiger partial charge in [-0.2, -0.15) is 33.2 Å². The molecule has 1 heterocycles. The molecule has 0 bridgehead atoms. The van der Waals surface area contributed by atoms with E-state index in [2.05, 4.69) is 113 Å². The molecule has 1 saturated heterocycles. The standard InChI is InChI=1S/C22H41Cl3Si4/c1-19(2,3)27(20(4,5)6)26(23,18-16-14-13-15-17-18)28(21(7,8)9,22(10,11)12)29(27,24)25/h13-17H,1-12H3. The predicted molar refractivity (Wildman–Crippen MR) is 146 cm³/mol. The van der Waals surface area contributed by atoms with Crippen LogP contribution in [0.1, 0.15) is 83.1 Å². The molecule has 0 nitrogen and oxygen atoms in total. The highest BCUT2D eigenvalue weighted by Gasteiger charge is 2.99. The van der Waals surface area contributed by atoms with Crippen molar-refractivity contribution >= 4 is 64.8 Å². The van der Waals surface area contributed by atoms with Crippen molar-refractivity contribution in [1.29, 1.82) is 0 Å². The summed E-state index contributed by atoms with van der Waals surface area (Å²) < 4.78 is 0. The third-order valence-corrected chi connectivity index (χ3v) is 114. The topological polar surface area (TPSA) is 0 Å². The number of rotatable bonds is 1. The molecular weight excluding hydrogens is 483 g/mol. The third kappa shape index (κ3) is 2.78. The van der Waals surface area contributed by atoms with E-state index in [4.69, 9.17) is 33.2 Å². The smallest absolute Gasteiger partial charge is 0.168 e. The SMILES string of the molecule is CC(C)(C)[Si]1(C(C)(C)C)[Si](Cl)(Cl)[Si](C(C)(C)C)(C(C)(C)C)[Si]1(Cl)c1ccccc1. The number of hydrogen-bond donors (Lipinski definition) is 0. The van der Waals surface area contributed by atoms with Gasteiger partial charge in [-0.3, -0.25) is 0 Å². The zero-order valence-corrected chi connectivity index (χ0v) is 26.8. The maximum absolute atomic E-state index is 8.43. The van der Waals surface area contributed by atoms with E-state index in [1.165, 1.54) is 5.19 Å². The summed E-state index contributed by atoms with van der Waals surface area (Å²) in [6, 6.07) is 11.1. The molecule has 0 spiro atoms. The molecule has 0 saturated carbocycles. The Morgan fingerprint density at radius 1 is 0.517 bits per heavy atom. The van der Waals surface area contributed by atoms with Crippen molar-refractivity contribution in [3.8, 4) is 0 Å². The van der Waals surface area contributed by atoms with Gasteiger partial charge in [-0.05, 0) is 25.3 Å². The second-order valence-corrected chi connectivity index (χ2v) is 60.5. The van der Waals surface area contributed by atoms with Gasteiger partial charge >= 0.3 is 0 Å². The van der Waals surface area contributed by atoms with Crippen molar-refractivity contribution in [3.63, 3.8) is 0 Å². The first-order chi connectivity index (χ1) is 12.6. The van der Waals surface area contributed by atoms with Gasteiger partial charge in [0.1, 0.15) is 14.2 Å². The molecule has 0 amide bonds. The molecule has 1 aliphatic heterocycles. The summed E-state index contributed by atoms with van der Waals surface area (Å²) in [4.78, 5) is 0. The summed E-state index contributed by atoms with van der Waals surface area (Å²) in [6.07, 6.45) is -2.56. The van der Waals surface area contributed by atoms with Crippen LogP contribution in [0.15, 0.2) is 30.3 Å². The van der Waals surface area contributed by atoms with Crippen LogP contribution in [-0.2, 0) is 0 Å². The van der Waals surface area contributed by atoms with Gasteiger partial charge in [-0.15, -0.1) is 0 Å². The molecule has 1 aromatic rings. The molecular formula is C22H41Cl3Si4. The van der Waals surface area contributed by atoms with Gasteiger partial charge in [-0.1, -0.05) is 113 Å². The predicted octanol–water partition coefficient (Wildman–Crippen LogP) is 8.42. The van der Waals surface area contributed by atoms with Gasteiger partial charge in [0.05, 0.1) is 0 Å². The number of halogens is 3. The van der Waals surface area contributed by atoms with Crippen LogP contribution in [0.3, 0.4) is 0 Å². The van der Waals surface area contributed by atoms with Gasteiger partial charge in [-0.25, -0.2) is 0 Å². The average Bonchev–Trinajstić information content (AvgIpc) is 2.40. The van der Waals surface area contributed by atoms with Crippen LogP contribution in [-0.4, -0.2) is 26.4 Å². The molecule has 0 radical (unpaired) electrons. The second-order valence-electron chi connectivity index (χ2n) is 13.1. The van der Waals surface area contributed by atoms with Gasteiger partial charge in [0.2, 0.25) is 5.73 Å². The number of benzene rings is 1. The van der Waals surface area contributed by atoms with Crippen molar-refractivity contribution in [2.24, 2.45) is 0 Å². The first-order valence-corrected chi connectivity index (χ1v) is 25.8. The minimum Gasteiger partial charge on any atom is -0.168 e. The van der Waals surface area contributed by atoms with Gasteiger partial charge in [0.25, 0.3) is 0 Å². The van der Waals surface area contributed by atoms with Gasteiger partial charge in [0, 0.05) is 0 Å². The summed E-state index contributed by atoms with van der Waals surface area (Å²) in [5.74, 6) is 0. The summed E-state index contributed by atoms with van der Waals surface area (Å²) >= 11 is 24.4. The highest BCUT2D eigenvalue weighted by molar-refractivity contribution is 8.33. The van der Waals surface area contributed by atoms with Crippen LogP contribution in [0.2, 0.25) is 20.2 Å². The van der Waals surface area contributed by atoms with Crippen LogP contribution < -0.4 is 5.19 Å². The average molecular weight is 524 g/mol. The molecule has 0 unspecified atom stereocenters. The molecule has 7 heteroatoms. The molecule has 1 aromatic carbocycles. The first-order valence-electron chi connectivity index (χ1n) is 10.7. The fourth-order valence-corrected chi connectivity index (χ4v) is 206. The van der Waals surface area contributed by atoms with E-state index in [-0.39, 0.29) is 20.2 Å². The van der Waals surface area contributed by atoms with Crippen molar-refractivity contribution in [2.45, 2.75) is 103 Å². The summed E-state index contributed by atoms with van der Waals surface area (Å²) in [5.41, 5.74) is -2.72. The Morgan fingerprint density at radius 3 is 1.03 bits per heavy atom. The Bertz CT molecular complexity index is 692. The van der Waals surface area contributed by atoms with Crippen molar-refractivity contribution < 1.29 is 0 Å². The monoisotopic (exact) mass is 522 g/mol. The van der Waals surface area contributed by atoms with Crippen molar-refractivity contribution in [3.05, 3.63) is 30.3 Å². The zero-order chi connectivity index (χ0) is 23.1. The lowest BCUT2D eigenvalue weighted by Crippen LogP contribution is -3.11. The first kappa shape index (κ1) is 26.2. The third-order valence-electron chi connectivity index (χ3n) is 7.65. The van der Waals surface area contributed by atoms with E-state index in [1.807, 2.05) is 0 Å². The fraction of sp³-hybridized carbons (Fsp3) is 0.727. The summed E-state index contributed by atoms with van der Waals surface area (Å²) in [5, 5.41) is 1.56. The Morgan fingerprint density at radius 2 is 0.793 bits per heavy atom. The molecule has 29 heavy (non-hydrogen) atoms. The Balaban J connectivity index is 3.23. The summed E-state index contributed by atoms with van der Waals surface area (Å²) in [7, 11) is -4.77. The quantitative estimate of drug-likeness (QED) is 0.256. The fourth-order valence-electron chi connectivity index (χ4n) is 8.23. The van der Waals surface area contributed by atoms with E-state index in [0.29, 0.717) is 0 Å². The molecule has 0 aliphatic carbocycles. The summed E-state index contributed by atoms with van der Waals surface area (Å²) in [6.45, 7) is 28.8. The maximum atomic E-state index is 8.43. The molecule has 1 fully saturated rings. The highest BCUT2D eigenvalue weighted by atomic mass is 35.7. The van der Waals surface area contributed by atoms with Gasteiger partial charge in [0.15, 0.2) is 6.42 Å². The van der Waals surface area contributed by atoms with E-state index < -0.39 is 26.4 Å². The van der Waals surface area contributed by atoms with E-state index in [0.717, 1.165) is 0 Å². The minimum atomic E-state index is -2.72. The molecule has 166 valence electrons. The lowest BCUT2D eigenvalue weighted by molar-refractivity contribution is 0.629. The Kier molecular flexibility index (Phi) is 6.31. The Hall–Kier alpha value is 0.958. The van der Waals surface area contributed by atoms with Crippen LogP contribution >= 0.6 is 33.2 Å². The van der Waals surface area contributed by atoms with E-state index >= 15 is 0 Å². The molecule has 1 aliphatic rings. The van der Waals surface area contributed by atoms with Gasteiger partial charge < -0.3 is 0 Å². The van der Waals surface area contributed by atoms with Crippen LogP contribution in [0.4, 0.5) is 0 Å². The lowest BCUT2D eigenvalue weighted by Gasteiger charge is -2.83. The van der Waals surface area contributed by atoms with E-state index in [1.54, 1.807) is 0 Å². The Labute approximate surface area is 197 Å². The van der Waals surface area contributed by atoms with Crippen LogP contribution in [0, 0.1) is 0 Å². The number of hydrogen-bond acceptors (Lipinski definition) is 0. The zero-order valence-electron chi connectivity index (χ0n) is 20.5.